The van der Waals surface area contributed by atoms with Gasteiger partial charge in [0.05, 0.1) is 6.54 Å². The van der Waals surface area contributed by atoms with E-state index in [4.69, 9.17) is 0 Å². The Balaban J connectivity index is 0.00000264. The lowest BCUT2D eigenvalue weighted by Gasteiger charge is -2.38. The van der Waals surface area contributed by atoms with Crippen LogP contribution in [0.25, 0.3) is 0 Å². The van der Waals surface area contributed by atoms with E-state index in [1.165, 1.54) is 16.8 Å². The van der Waals surface area contributed by atoms with Crippen molar-refractivity contribution in [1.82, 2.24) is 10.2 Å². The zero-order valence-corrected chi connectivity index (χ0v) is 16.8. The number of anilines is 1. The van der Waals surface area contributed by atoms with Gasteiger partial charge in [0.15, 0.2) is 5.96 Å². The van der Waals surface area contributed by atoms with Crippen LogP contribution in [0, 0.1) is 13.8 Å². The number of hydrogen-bond donors (Lipinski definition) is 1. The third-order valence-corrected chi connectivity index (χ3v) is 4.20. The number of rotatable bonds is 4. The quantitative estimate of drug-likeness (QED) is 0.346. The van der Waals surface area contributed by atoms with Crippen molar-refractivity contribution >= 4 is 35.6 Å². The molecule has 0 radical (unpaired) electrons. The third-order valence-electron chi connectivity index (χ3n) is 4.20. The average molecular weight is 428 g/mol. The number of piperazine rings is 1. The molecule has 128 valence electrons. The Labute approximate surface area is 157 Å². The summed E-state index contributed by atoms with van der Waals surface area (Å²) in [7, 11) is 0. The first kappa shape index (κ1) is 19.8. The second-order valence-corrected chi connectivity index (χ2v) is 5.68. The summed E-state index contributed by atoms with van der Waals surface area (Å²) in [5.74, 6) is 1.00. The first-order chi connectivity index (χ1) is 10.7. The van der Waals surface area contributed by atoms with Crippen LogP contribution in [-0.4, -0.2) is 50.1 Å². The summed E-state index contributed by atoms with van der Waals surface area (Å²) < 4.78 is 0. The van der Waals surface area contributed by atoms with E-state index in [-0.39, 0.29) is 24.0 Å². The van der Waals surface area contributed by atoms with E-state index in [1.807, 2.05) is 6.08 Å². The van der Waals surface area contributed by atoms with E-state index in [0.717, 1.165) is 38.7 Å². The van der Waals surface area contributed by atoms with Crippen molar-refractivity contribution < 1.29 is 0 Å². The zero-order chi connectivity index (χ0) is 15.9. The van der Waals surface area contributed by atoms with Gasteiger partial charge < -0.3 is 15.1 Å². The van der Waals surface area contributed by atoms with Gasteiger partial charge in [0, 0.05) is 38.4 Å². The molecule has 1 saturated heterocycles. The normalized spacial score (nSPS) is 15.2. The molecule has 1 N–H and O–H groups in total. The maximum Gasteiger partial charge on any atom is 0.194 e. The van der Waals surface area contributed by atoms with Crippen molar-refractivity contribution in [3.63, 3.8) is 0 Å². The van der Waals surface area contributed by atoms with Gasteiger partial charge in [-0.05, 0) is 38.0 Å². The predicted molar refractivity (Wildman–Crippen MR) is 111 cm³/mol. The van der Waals surface area contributed by atoms with Crippen LogP contribution in [0.15, 0.2) is 35.8 Å². The minimum absolute atomic E-state index is 0. The van der Waals surface area contributed by atoms with Gasteiger partial charge in [-0.3, -0.25) is 0 Å². The number of nitrogens with one attached hydrogen (secondary N) is 1. The number of nitrogens with zero attached hydrogens (tertiary/aromatic N) is 3. The van der Waals surface area contributed by atoms with E-state index >= 15 is 0 Å². The maximum atomic E-state index is 4.58. The second kappa shape index (κ2) is 9.80. The third kappa shape index (κ3) is 5.12. The van der Waals surface area contributed by atoms with Crippen molar-refractivity contribution in [3.05, 3.63) is 42.0 Å². The number of aliphatic imine (C=N–C) groups is 1. The molecule has 0 aromatic heterocycles. The largest absolute Gasteiger partial charge is 0.368 e. The Morgan fingerprint density at radius 1 is 1.26 bits per heavy atom. The second-order valence-electron chi connectivity index (χ2n) is 5.68. The molecule has 0 aliphatic carbocycles. The van der Waals surface area contributed by atoms with Crippen molar-refractivity contribution in [2.24, 2.45) is 4.99 Å². The van der Waals surface area contributed by atoms with Crippen LogP contribution >= 0.6 is 24.0 Å². The lowest BCUT2D eigenvalue weighted by Crippen LogP contribution is -2.52. The molecule has 5 heteroatoms. The molecular weight excluding hydrogens is 399 g/mol. The number of benzene rings is 1. The van der Waals surface area contributed by atoms with Gasteiger partial charge in [0.25, 0.3) is 0 Å². The van der Waals surface area contributed by atoms with Crippen LogP contribution in [0.5, 0.6) is 0 Å². The smallest absolute Gasteiger partial charge is 0.194 e. The summed E-state index contributed by atoms with van der Waals surface area (Å²) in [5, 5.41) is 3.37. The van der Waals surface area contributed by atoms with Gasteiger partial charge in [-0.25, -0.2) is 4.99 Å². The van der Waals surface area contributed by atoms with Gasteiger partial charge in [0.2, 0.25) is 0 Å². The number of halogens is 1. The maximum absolute atomic E-state index is 4.58. The van der Waals surface area contributed by atoms with Gasteiger partial charge >= 0.3 is 0 Å². The Hall–Kier alpha value is -1.24. The van der Waals surface area contributed by atoms with Crippen LogP contribution in [0.3, 0.4) is 0 Å². The highest BCUT2D eigenvalue weighted by Gasteiger charge is 2.20. The topological polar surface area (TPSA) is 30.9 Å². The standard InChI is InChI=1S/C18H28N4.HI/c1-5-10-20-18(19-6-2)22-13-11-21(12-14-22)17-9-7-8-15(3)16(17)4;/h5,7-9H,1,6,10-14H2,2-4H3,(H,19,20);1H. The summed E-state index contributed by atoms with van der Waals surface area (Å²) in [5.41, 5.74) is 4.12. The fourth-order valence-electron chi connectivity index (χ4n) is 2.81. The average Bonchev–Trinajstić information content (AvgIpc) is 2.54. The lowest BCUT2D eigenvalue weighted by atomic mass is 10.1. The molecule has 4 nitrogen and oxygen atoms in total. The van der Waals surface area contributed by atoms with Crippen molar-refractivity contribution in [3.8, 4) is 0 Å². The molecule has 0 spiro atoms. The molecule has 1 aromatic rings. The van der Waals surface area contributed by atoms with Crippen molar-refractivity contribution in [1.29, 1.82) is 0 Å². The first-order valence-corrected chi connectivity index (χ1v) is 8.12. The number of guanidine groups is 1. The molecule has 1 aliphatic rings. The van der Waals surface area contributed by atoms with E-state index < -0.39 is 0 Å². The first-order valence-electron chi connectivity index (χ1n) is 8.12. The molecule has 1 aromatic carbocycles. The van der Waals surface area contributed by atoms with Gasteiger partial charge in [0.1, 0.15) is 0 Å². The van der Waals surface area contributed by atoms with Crippen LogP contribution in [-0.2, 0) is 0 Å². The summed E-state index contributed by atoms with van der Waals surface area (Å²) in [6, 6.07) is 6.56. The van der Waals surface area contributed by atoms with Crippen LogP contribution < -0.4 is 10.2 Å². The Morgan fingerprint density at radius 3 is 2.57 bits per heavy atom. The molecule has 0 saturated carbocycles. The monoisotopic (exact) mass is 428 g/mol. The minimum Gasteiger partial charge on any atom is -0.368 e. The van der Waals surface area contributed by atoms with E-state index in [1.54, 1.807) is 0 Å². The molecule has 0 bridgehead atoms. The minimum atomic E-state index is 0. The lowest BCUT2D eigenvalue weighted by molar-refractivity contribution is 0.373. The summed E-state index contributed by atoms with van der Waals surface area (Å²) in [6.45, 7) is 15.9. The van der Waals surface area contributed by atoms with Crippen LogP contribution in [0.1, 0.15) is 18.1 Å². The van der Waals surface area contributed by atoms with Crippen LogP contribution in [0.4, 0.5) is 5.69 Å². The van der Waals surface area contributed by atoms with E-state index in [2.05, 4.69) is 65.7 Å². The summed E-state index contributed by atoms with van der Waals surface area (Å²) in [4.78, 5) is 9.40. The molecular formula is C18H29IN4. The molecule has 0 amide bonds. The van der Waals surface area contributed by atoms with Crippen molar-refractivity contribution in [2.45, 2.75) is 20.8 Å². The fourth-order valence-corrected chi connectivity index (χ4v) is 2.81. The summed E-state index contributed by atoms with van der Waals surface area (Å²) in [6.07, 6.45) is 1.84. The Kier molecular flexibility index (Phi) is 8.44. The molecule has 0 unspecified atom stereocenters. The predicted octanol–water partition coefficient (Wildman–Crippen LogP) is 3.19. The van der Waals surface area contributed by atoms with Gasteiger partial charge in [-0.2, -0.15) is 0 Å². The highest BCUT2D eigenvalue weighted by Crippen LogP contribution is 2.23. The Bertz CT molecular complexity index is 534. The van der Waals surface area contributed by atoms with E-state index in [9.17, 15) is 0 Å². The summed E-state index contributed by atoms with van der Waals surface area (Å²) >= 11 is 0. The number of hydrogen-bond acceptors (Lipinski definition) is 2. The molecule has 1 aliphatic heterocycles. The molecule has 1 fully saturated rings. The van der Waals surface area contributed by atoms with Crippen LogP contribution in [0.2, 0.25) is 0 Å². The zero-order valence-electron chi connectivity index (χ0n) is 14.5. The van der Waals surface area contributed by atoms with Crippen molar-refractivity contribution in [2.75, 3.05) is 44.2 Å². The molecule has 0 atom stereocenters. The molecule has 1 heterocycles. The SMILES string of the molecule is C=CCN=C(NCC)N1CCN(c2cccc(C)c2C)CC1.I. The highest BCUT2D eigenvalue weighted by atomic mass is 127. The van der Waals surface area contributed by atoms with Gasteiger partial charge in [-0.15, -0.1) is 30.6 Å². The van der Waals surface area contributed by atoms with E-state index in [0.29, 0.717) is 6.54 Å². The molecule has 2 rings (SSSR count). The highest BCUT2D eigenvalue weighted by molar-refractivity contribution is 14.0. The Morgan fingerprint density at radius 2 is 1.96 bits per heavy atom. The molecule has 23 heavy (non-hydrogen) atoms. The number of aryl methyl sites for hydroxylation is 1. The van der Waals surface area contributed by atoms with Gasteiger partial charge in [-0.1, -0.05) is 18.2 Å². The fraction of sp³-hybridized carbons (Fsp3) is 0.500.